The molecule has 1 aromatic carbocycles. The number of benzene rings is 1. The maximum atomic E-state index is 5.19. The smallest absolute Gasteiger partial charge is 0.230 e. The maximum absolute atomic E-state index is 5.19. The molecule has 160 valence electrons. The second-order valence-corrected chi connectivity index (χ2v) is 7.05. The quantitative estimate of drug-likeness (QED) is 0.800. The molecule has 0 atom stereocenters. The first-order chi connectivity index (χ1) is 13.4. The van der Waals surface area contributed by atoms with Crippen LogP contribution in [0.2, 0.25) is 0 Å². The predicted molar refractivity (Wildman–Crippen MR) is 120 cm³/mol. The number of hydrogen-bond donors (Lipinski definition) is 2. The van der Waals surface area contributed by atoms with Crippen molar-refractivity contribution >= 4 is 0 Å². The molecule has 0 bridgehead atoms. The van der Waals surface area contributed by atoms with Crippen LogP contribution in [0.1, 0.15) is 33.3 Å². The highest BCUT2D eigenvalue weighted by atomic mass is 16.7. The average molecular weight is 392 g/mol. The fourth-order valence-corrected chi connectivity index (χ4v) is 2.11. The molecule has 3 rings (SSSR count). The second-order valence-electron chi connectivity index (χ2n) is 7.05. The summed E-state index contributed by atoms with van der Waals surface area (Å²) in [4.78, 5) is 2.33. The normalized spacial score (nSPS) is 16.1. The molecule has 0 amide bonds. The molecule has 0 unspecified atom stereocenters. The number of aryl methyl sites for hydroxylation is 1. The van der Waals surface area contributed by atoms with E-state index in [0.717, 1.165) is 31.2 Å². The van der Waals surface area contributed by atoms with Gasteiger partial charge >= 0.3 is 0 Å². The van der Waals surface area contributed by atoms with Crippen LogP contribution in [-0.2, 0) is 9.47 Å². The Morgan fingerprint density at radius 2 is 1.68 bits per heavy atom. The Bertz CT molecular complexity index is 536. The van der Waals surface area contributed by atoms with Crippen LogP contribution in [0.5, 0.6) is 0 Å². The van der Waals surface area contributed by atoms with Gasteiger partial charge in [-0.2, -0.15) is 0 Å². The van der Waals surface area contributed by atoms with Crippen LogP contribution in [0.4, 0.5) is 0 Å². The summed E-state index contributed by atoms with van der Waals surface area (Å²) in [5.74, 6) is 2.29. The molecule has 2 aliphatic rings. The molecule has 0 aliphatic carbocycles. The summed E-state index contributed by atoms with van der Waals surface area (Å²) in [5.41, 5.74) is 6.17. The number of rotatable bonds is 2. The Balaban J connectivity index is 0.000000376. The summed E-state index contributed by atoms with van der Waals surface area (Å²) in [6, 6.07) is 10.3. The zero-order valence-corrected chi connectivity index (χ0v) is 18.7. The molecule has 1 fully saturated rings. The molecule has 2 aliphatic heterocycles. The van der Waals surface area contributed by atoms with Gasteiger partial charge in [-0.15, -0.1) is 0 Å². The van der Waals surface area contributed by atoms with Crippen LogP contribution in [0, 0.1) is 12.8 Å². The standard InChI is InChI=1S/C9H14O2.C7H8.C5H12N2.C2H7N/c1-7(2)4-5-9-8(3)10-6-11-9;1-7-5-3-2-4-6-7;1-7-4-2-6-3-5-7;1-2-3/h4-5,7H,6H2,1-3H3;2-6H,1H3;6H,2-5H2,1H3;2-3H2,1H3/b5-4-;;;. The molecule has 1 aromatic rings. The van der Waals surface area contributed by atoms with Crippen LogP contribution >= 0.6 is 0 Å². The molecule has 0 saturated carbocycles. The van der Waals surface area contributed by atoms with Crippen LogP contribution in [-0.4, -0.2) is 51.5 Å². The number of likely N-dealkylation sites (N-methyl/N-ethyl adjacent to an activating group) is 1. The number of hydrogen-bond acceptors (Lipinski definition) is 5. The molecular weight excluding hydrogens is 350 g/mol. The van der Waals surface area contributed by atoms with Gasteiger partial charge in [0.25, 0.3) is 0 Å². The lowest BCUT2D eigenvalue weighted by molar-refractivity contribution is 0.0750. The third-order valence-corrected chi connectivity index (χ3v) is 3.75. The minimum atomic E-state index is 0.365. The summed E-state index contributed by atoms with van der Waals surface area (Å²) in [6.45, 7) is 16.0. The van der Waals surface area contributed by atoms with Crippen molar-refractivity contribution in [2.24, 2.45) is 11.7 Å². The van der Waals surface area contributed by atoms with E-state index in [2.05, 4.69) is 56.2 Å². The first-order valence-electron chi connectivity index (χ1n) is 10.2. The molecule has 5 heteroatoms. The van der Waals surface area contributed by atoms with Gasteiger partial charge in [0.2, 0.25) is 6.79 Å². The van der Waals surface area contributed by atoms with Crippen molar-refractivity contribution in [1.82, 2.24) is 10.2 Å². The zero-order chi connectivity index (χ0) is 21.2. The van der Waals surface area contributed by atoms with Crippen LogP contribution in [0.15, 0.2) is 54.0 Å². The fourth-order valence-electron chi connectivity index (χ4n) is 2.11. The average Bonchev–Trinajstić information content (AvgIpc) is 3.08. The van der Waals surface area contributed by atoms with Gasteiger partial charge in [0.05, 0.1) is 0 Å². The van der Waals surface area contributed by atoms with Crippen molar-refractivity contribution in [1.29, 1.82) is 0 Å². The van der Waals surface area contributed by atoms with E-state index in [0.29, 0.717) is 12.7 Å². The molecule has 0 radical (unpaired) electrons. The summed E-state index contributed by atoms with van der Waals surface area (Å²) >= 11 is 0. The largest absolute Gasteiger partial charge is 0.458 e. The van der Waals surface area contributed by atoms with E-state index < -0.39 is 0 Å². The van der Waals surface area contributed by atoms with Crippen molar-refractivity contribution in [3.8, 4) is 0 Å². The van der Waals surface area contributed by atoms with Crippen molar-refractivity contribution in [3.05, 3.63) is 59.6 Å². The van der Waals surface area contributed by atoms with E-state index in [1.165, 1.54) is 18.7 Å². The van der Waals surface area contributed by atoms with Crippen LogP contribution < -0.4 is 11.1 Å². The van der Waals surface area contributed by atoms with Crippen molar-refractivity contribution in [2.45, 2.75) is 34.6 Å². The lowest BCUT2D eigenvalue weighted by Crippen LogP contribution is -2.40. The van der Waals surface area contributed by atoms with E-state index in [-0.39, 0.29) is 0 Å². The number of piperazine rings is 1. The lowest BCUT2D eigenvalue weighted by atomic mass is 10.2. The van der Waals surface area contributed by atoms with E-state index in [4.69, 9.17) is 15.2 Å². The number of allylic oxidation sites excluding steroid dienone is 3. The number of nitrogens with one attached hydrogen (secondary N) is 1. The van der Waals surface area contributed by atoms with Gasteiger partial charge in [0.1, 0.15) is 5.76 Å². The SMILES string of the molecule is CC1=C(/C=C\C(C)C)OCO1.CCN.CN1CCNCC1.Cc1ccccc1. The molecule has 2 heterocycles. The first-order valence-corrected chi connectivity index (χ1v) is 10.2. The molecule has 28 heavy (non-hydrogen) atoms. The van der Waals surface area contributed by atoms with Gasteiger partial charge in [0.15, 0.2) is 5.76 Å². The number of nitrogens with zero attached hydrogens (tertiary/aromatic N) is 1. The highest BCUT2D eigenvalue weighted by Crippen LogP contribution is 2.16. The predicted octanol–water partition coefficient (Wildman–Crippen LogP) is 3.92. The Morgan fingerprint density at radius 3 is 2.00 bits per heavy atom. The van der Waals surface area contributed by atoms with E-state index in [1.54, 1.807) is 0 Å². The lowest BCUT2D eigenvalue weighted by Gasteiger charge is -2.21. The van der Waals surface area contributed by atoms with Gasteiger partial charge in [0, 0.05) is 26.2 Å². The Kier molecular flexibility index (Phi) is 16.2. The summed E-state index contributed by atoms with van der Waals surface area (Å²) < 4.78 is 10.3. The van der Waals surface area contributed by atoms with E-state index in [9.17, 15) is 0 Å². The molecule has 5 nitrogen and oxygen atoms in total. The van der Waals surface area contributed by atoms with Crippen molar-refractivity contribution in [3.63, 3.8) is 0 Å². The van der Waals surface area contributed by atoms with Gasteiger partial charge < -0.3 is 25.4 Å². The van der Waals surface area contributed by atoms with Crippen LogP contribution in [0.3, 0.4) is 0 Å². The number of nitrogens with two attached hydrogens (primary N) is 1. The molecule has 1 saturated heterocycles. The summed E-state index contributed by atoms with van der Waals surface area (Å²) in [7, 11) is 2.15. The van der Waals surface area contributed by atoms with Crippen molar-refractivity contribution < 1.29 is 9.47 Å². The van der Waals surface area contributed by atoms with Gasteiger partial charge in [-0.05, 0) is 39.4 Å². The highest BCUT2D eigenvalue weighted by molar-refractivity contribution is 5.17. The van der Waals surface area contributed by atoms with Crippen LogP contribution in [0.25, 0.3) is 0 Å². The Labute approximate surface area is 172 Å². The second kappa shape index (κ2) is 17.3. The zero-order valence-electron chi connectivity index (χ0n) is 18.7. The first kappa shape index (κ1) is 26.2. The van der Waals surface area contributed by atoms with E-state index in [1.807, 2.05) is 38.1 Å². The topological polar surface area (TPSA) is 59.8 Å². The minimum absolute atomic E-state index is 0.365. The monoisotopic (exact) mass is 391 g/mol. The highest BCUT2D eigenvalue weighted by Gasteiger charge is 2.09. The fraction of sp³-hybridized carbons (Fsp3) is 0.565. The van der Waals surface area contributed by atoms with Gasteiger partial charge in [-0.1, -0.05) is 62.7 Å². The summed E-state index contributed by atoms with van der Waals surface area (Å²) in [5, 5.41) is 3.27. The molecule has 3 N–H and O–H groups in total. The van der Waals surface area contributed by atoms with Gasteiger partial charge in [-0.25, -0.2) is 0 Å². The summed E-state index contributed by atoms with van der Waals surface area (Å²) in [6.07, 6.45) is 4.06. The molecule has 0 spiro atoms. The van der Waals surface area contributed by atoms with E-state index >= 15 is 0 Å². The maximum Gasteiger partial charge on any atom is 0.230 e. The molecular formula is C23H41N3O2. The van der Waals surface area contributed by atoms with Crippen molar-refractivity contribution in [2.75, 3.05) is 46.6 Å². The van der Waals surface area contributed by atoms with Gasteiger partial charge in [-0.3, -0.25) is 0 Å². The Hall–Kier alpha value is -1.82. The molecule has 0 aromatic heterocycles. The minimum Gasteiger partial charge on any atom is -0.458 e. The third-order valence-electron chi connectivity index (χ3n) is 3.75. The third kappa shape index (κ3) is 15.3. The Morgan fingerprint density at radius 1 is 1.11 bits per heavy atom. The number of ether oxygens (including phenoxy) is 2.